The molecule has 2 amide bonds. The van der Waals surface area contributed by atoms with Crippen molar-refractivity contribution in [2.24, 2.45) is 5.73 Å². The molecule has 0 bridgehead atoms. The summed E-state index contributed by atoms with van der Waals surface area (Å²) in [6.45, 7) is 0.765. The van der Waals surface area contributed by atoms with Crippen molar-refractivity contribution in [3.8, 4) is 0 Å². The van der Waals surface area contributed by atoms with Gasteiger partial charge in [-0.1, -0.05) is 0 Å². The first-order chi connectivity index (χ1) is 8.65. The third kappa shape index (κ3) is 3.48. The van der Waals surface area contributed by atoms with Crippen molar-refractivity contribution >= 4 is 44.7 Å². The lowest BCUT2D eigenvalue weighted by molar-refractivity contribution is 0.259. The number of halogens is 1. The number of carbonyl (C=O) groups excluding carboxylic acids is 1. The Morgan fingerprint density at radius 3 is 2.44 bits per heavy atom. The predicted molar refractivity (Wildman–Crippen MR) is 79.0 cm³/mol. The van der Waals surface area contributed by atoms with E-state index in [1.54, 1.807) is 23.5 Å². The van der Waals surface area contributed by atoms with Gasteiger partial charge in [0.2, 0.25) is 0 Å². The van der Waals surface area contributed by atoms with Crippen LogP contribution in [0.25, 0.3) is 0 Å². The summed E-state index contributed by atoms with van der Waals surface area (Å²) < 4.78 is 1.12. The van der Waals surface area contributed by atoms with Crippen molar-refractivity contribution in [1.29, 1.82) is 0 Å². The fourth-order valence-electron chi connectivity index (χ4n) is 1.45. The second-order valence-electron chi connectivity index (χ2n) is 3.61. The molecule has 4 nitrogen and oxygen atoms in total. The molecule has 0 aliphatic heterocycles. The molecular weight excluding hydrogens is 314 g/mol. The molecule has 0 unspecified atom stereocenters. The van der Waals surface area contributed by atoms with Crippen LogP contribution in [0.4, 0.5) is 16.2 Å². The number of primary amides is 1. The van der Waals surface area contributed by atoms with Gasteiger partial charge in [-0.15, -0.1) is 11.3 Å². The fourth-order valence-corrected chi connectivity index (χ4v) is 2.88. The van der Waals surface area contributed by atoms with E-state index in [4.69, 9.17) is 5.73 Å². The number of thiophene rings is 1. The molecule has 2 aromatic rings. The molecule has 0 atom stereocenters. The summed E-state index contributed by atoms with van der Waals surface area (Å²) in [5, 5.41) is 7.86. The molecule has 0 saturated heterocycles. The van der Waals surface area contributed by atoms with Gasteiger partial charge in [-0.25, -0.2) is 4.79 Å². The van der Waals surface area contributed by atoms with Gasteiger partial charge in [0, 0.05) is 20.7 Å². The average Bonchev–Trinajstić information content (AvgIpc) is 2.73. The van der Waals surface area contributed by atoms with E-state index in [0.717, 1.165) is 16.7 Å². The maximum Gasteiger partial charge on any atom is 0.316 e. The largest absolute Gasteiger partial charge is 0.380 e. The summed E-state index contributed by atoms with van der Waals surface area (Å²) in [6.07, 6.45) is 0. The van der Waals surface area contributed by atoms with Crippen LogP contribution in [0.15, 0.2) is 40.2 Å². The Morgan fingerprint density at radius 1 is 1.22 bits per heavy atom. The number of carbonyl (C=O) groups is 1. The molecule has 0 spiro atoms. The van der Waals surface area contributed by atoms with Crippen molar-refractivity contribution in [2.75, 3.05) is 10.6 Å². The molecule has 0 saturated carbocycles. The van der Waals surface area contributed by atoms with Gasteiger partial charge in [0.25, 0.3) is 0 Å². The standard InChI is InChI=1S/C12H12BrN3OS/c13-10-5-6-18-11(10)7-15-8-1-3-9(4-2-8)16-12(14)17/h1-6,15H,7H2,(H3,14,16,17). The van der Waals surface area contributed by atoms with E-state index >= 15 is 0 Å². The summed E-state index contributed by atoms with van der Waals surface area (Å²) in [5.74, 6) is 0. The fraction of sp³-hybridized carbons (Fsp3) is 0.0833. The molecule has 0 fully saturated rings. The highest BCUT2D eigenvalue weighted by atomic mass is 79.9. The van der Waals surface area contributed by atoms with E-state index in [2.05, 4.69) is 26.6 Å². The minimum absolute atomic E-state index is 0.557. The van der Waals surface area contributed by atoms with E-state index < -0.39 is 6.03 Å². The minimum Gasteiger partial charge on any atom is -0.380 e. The SMILES string of the molecule is NC(=O)Nc1ccc(NCc2sccc2Br)cc1. The van der Waals surface area contributed by atoms with Crippen LogP contribution in [0.1, 0.15) is 4.88 Å². The third-order valence-corrected chi connectivity index (χ3v) is 4.22. The maximum atomic E-state index is 10.7. The highest BCUT2D eigenvalue weighted by Gasteiger charge is 2.01. The first-order valence-corrected chi connectivity index (χ1v) is 6.94. The van der Waals surface area contributed by atoms with E-state index in [1.165, 1.54) is 4.88 Å². The van der Waals surface area contributed by atoms with E-state index in [0.29, 0.717) is 5.69 Å². The normalized spacial score (nSPS) is 10.1. The summed E-state index contributed by atoms with van der Waals surface area (Å²) in [6, 6.07) is 8.87. The van der Waals surface area contributed by atoms with Crippen molar-refractivity contribution < 1.29 is 4.79 Å². The van der Waals surface area contributed by atoms with Crippen molar-refractivity contribution in [2.45, 2.75) is 6.54 Å². The summed E-state index contributed by atoms with van der Waals surface area (Å²) in [5.41, 5.74) is 6.71. The van der Waals surface area contributed by atoms with Crippen molar-refractivity contribution in [3.63, 3.8) is 0 Å². The molecule has 0 aliphatic carbocycles. The van der Waals surface area contributed by atoms with Crippen molar-refractivity contribution in [3.05, 3.63) is 45.1 Å². The van der Waals surface area contributed by atoms with Crippen LogP contribution < -0.4 is 16.4 Å². The number of nitrogens with one attached hydrogen (secondary N) is 2. The van der Waals surface area contributed by atoms with Crippen molar-refractivity contribution in [1.82, 2.24) is 0 Å². The molecule has 2 rings (SSSR count). The second kappa shape index (κ2) is 5.88. The number of anilines is 2. The quantitative estimate of drug-likeness (QED) is 0.803. The topological polar surface area (TPSA) is 67.2 Å². The molecule has 1 aromatic carbocycles. The Hall–Kier alpha value is -1.53. The van der Waals surface area contributed by atoms with Gasteiger partial charge >= 0.3 is 6.03 Å². The number of benzene rings is 1. The minimum atomic E-state index is -0.557. The van der Waals surface area contributed by atoms with Crippen LogP contribution in [-0.2, 0) is 6.54 Å². The molecular formula is C12H12BrN3OS. The van der Waals surface area contributed by atoms with Crippen LogP contribution >= 0.6 is 27.3 Å². The van der Waals surface area contributed by atoms with E-state index in [1.807, 2.05) is 23.6 Å². The highest BCUT2D eigenvalue weighted by molar-refractivity contribution is 9.10. The first-order valence-electron chi connectivity index (χ1n) is 5.27. The monoisotopic (exact) mass is 325 g/mol. The molecule has 1 heterocycles. The molecule has 18 heavy (non-hydrogen) atoms. The first kappa shape index (κ1) is 12.9. The van der Waals surface area contributed by atoms with Crippen LogP contribution in [-0.4, -0.2) is 6.03 Å². The molecule has 6 heteroatoms. The van der Waals surface area contributed by atoms with Crippen LogP contribution in [0, 0.1) is 0 Å². The van der Waals surface area contributed by atoms with Gasteiger partial charge in [-0.3, -0.25) is 0 Å². The second-order valence-corrected chi connectivity index (χ2v) is 5.47. The van der Waals surface area contributed by atoms with Gasteiger partial charge in [0.05, 0.1) is 6.54 Å². The highest BCUT2D eigenvalue weighted by Crippen LogP contribution is 2.24. The van der Waals surface area contributed by atoms with E-state index in [9.17, 15) is 4.79 Å². The van der Waals surface area contributed by atoms with Crippen LogP contribution in [0.5, 0.6) is 0 Å². The van der Waals surface area contributed by atoms with E-state index in [-0.39, 0.29) is 0 Å². The Kier molecular flexibility index (Phi) is 4.22. The molecule has 94 valence electrons. The predicted octanol–water partition coefficient (Wildman–Crippen LogP) is 3.61. The number of hydrogen-bond acceptors (Lipinski definition) is 3. The van der Waals surface area contributed by atoms with Crippen LogP contribution in [0.2, 0.25) is 0 Å². The zero-order chi connectivity index (χ0) is 13.0. The number of hydrogen-bond donors (Lipinski definition) is 3. The molecule has 0 aliphatic rings. The zero-order valence-electron chi connectivity index (χ0n) is 9.44. The summed E-state index contributed by atoms with van der Waals surface area (Å²) in [7, 11) is 0. The number of rotatable bonds is 4. The number of amides is 2. The Balaban J connectivity index is 1.94. The van der Waals surface area contributed by atoms with Gasteiger partial charge < -0.3 is 16.4 Å². The Morgan fingerprint density at radius 2 is 1.89 bits per heavy atom. The van der Waals surface area contributed by atoms with Gasteiger partial charge in [-0.2, -0.15) is 0 Å². The molecule has 1 aromatic heterocycles. The lowest BCUT2D eigenvalue weighted by Gasteiger charge is -2.07. The lowest BCUT2D eigenvalue weighted by Crippen LogP contribution is -2.19. The van der Waals surface area contributed by atoms with Gasteiger partial charge in [0.1, 0.15) is 0 Å². The molecule has 4 N–H and O–H groups in total. The smallest absolute Gasteiger partial charge is 0.316 e. The Bertz CT molecular complexity index is 539. The lowest BCUT2D eigenvalue weighted by atomic mass is 10.3. The maximum absolute atomic E-state index is 10.7. The number of urea groups is 1. The summed E-state index contributed by atoms with van der Waals surface area (Å²) in [4.78, 5) is 11.9. The third-order valence-electron chi connectivity index (χ3n) is 2.30. The van der Waals surface area contributed by atoms with Gasteiger partial charge in [0.15, 0.2) is 0 Å². The zero-order valence-corrected chi connectivity index (χ0v) is 11.8. The molecule has 0 radical (unpaired) electrons. The Labute approximate surface area is 117 Å². The summed E-state index contributed by atoms with van der Waals surface area (Å²) >= 11 is 5.19. The van der Waals surface area contributed by atoms with Crippen LogP contribution in [0.3, 0.4) is 0 Å². The van der Waals surface area contributed by atoms with Gasteiger partial charge in [-0.05, 0) is 51.6 Å². The number of nitrogens with two attached hydrogens (primary N) is 1. The average molecular weight is 326 g/mol.